The van der Waals surface area contributed by atoms with Gasteiger partial charge in [0, 0.05) is 17.4 Å². The molecule has 1 N–H and O–H groups in total. The van der Waals surface area contributed by atoms with E-state index in [-0.39, 0.29) is 0 Å². The molecular weight excluding hydrogens is 190 g/mol. The molecule has 0 amide bonds. The summed E-state index contributed by atoms with van der Waals surface area (Å²) in [5.74, 6) is -0.141. The summed E-state index contributed by atoms with van der Waals surface area (Å²) in [5, 5.41) is 9.03. The largest absolute Gasteiger partial charge is 0.478 e. The van der Waals surface area contributed by atoms with Crippen molar-refractivity contribution in [3.63, 3.8) is 0 Å². The van der Waals surface area contributed by atoms with E-state index in [1.165, 1.54) is 12.8 Å². The quantitative estimate of drug-likeness (QED) is 0.810. The zero-order valence-corrected chi connectivity index (χ0v) is 9.45. The lowest BCUT2D eigenvalue weighted by Crippen LogP contribution is -2.28. The van der Waals surface area contributed by atoms with Gasteiger partial charge in [0.2, 0.25) is 0 Å². The summed E-state index contributed by atoms with van der Waals surface area (Å²) in [7, 11) is 0. The van der Waals surface area contributed by atoms with Gasteiger partial charge in [-0.25, -0.2) is 4.79 Å². The summed E-state index contributed by atoms with van der Waals surface area (Å²) in [4.78, 5) is 11.0. The van der Waals surface area contributed by atoms with Gasteiger partial charge in [0.15, 0.2) is 0 Å². The molecule has 15 heavy (non-hydrogen) atoms. The van der Waals surface area contributed by atoms with Crippen molar-refractivity contribution in [3.05, 3.63) is 23.0 Å². The molecule has 0 bridgehead atoms. The monoisotopic (exact) mass is 207 g/mol. The Morgan fingerprint density at radius 3 is 2.47 bits per heavy atom. The lowest BCUT2D eigenvalue weighted by atomic mass is 9.80. The predicted molar refractivity (Wildman–Crippen MR) is 58.3 cm³/mol. The van der Waals surface area contributed by atoms with Crippen LogP contribution < -0.4 is 0 Å². The van der Waals surface area contributed by atoms with E-state index in [1.54, 1.807) is 6.07 Å². The topological polar surface area (TPSA) is 42.2 Å². The van der Waals surface area contributed by atoms with Gasteiger partial charge in [-0.3, -0.25) is 0 Å². The number of nitrogens with zero attached hydrogens (tertiary/aromatic N) is 1. The minimum Gasteiger partial charge on any atom is -0.478 e. The van der Waals surface area contributed by atoms with Gasteiger partial charge in [-0.2, -0.15) is 0 Å². The molecule has 2 atom stereocenters. The number of rotatable bonds is 2. The number of aromatic carboxylic acids is 1. The van der Waals surface area contributed by atoms with Crippen LogP contribution in [0.4, 0.5) is 0 Å². The van der Waals surface area contributed by atoms with Crippen LogP contribution in [0.2, 0.25) is 0 Å². The van der Waals surface area contributed by atoms with E-state index in [9.17, 15) is 4.79 Å². The summed E-state index contributed by atoms with van der Waals surface area (Å²) in [6.07, 6.45) is 2.43. The number of carbonyl (C=O) groups is 1. The Labute approximate surface area is 89.7 Å². The average Bonchev–Trinajstić information content (AvgIpc) is 2.43. The maximum atomic E-state index is 11.0. The molecular formula is C12H17NO2. The van der Waals surface area contributed by atoms with Gasteiger partial charge in [0.25, 0.3) is 0 Å². The van der Waals surface area contributed by atoms with Crippen molar-refractivity contribution in [1.29, 1.82) is 0 Å². The van der Waals surface area contributed by atoms with Crippen LogP contribution in [0.15, 0.2) is 6.07 Å². The molecule has 1 aromatic rings. The zero-order chi connectivity index (χ0) is 11.2. The molecule has 1 saturated carbocycles. The molecule has 3 nitrogen and oxygen atoms in total. The summed E-state index contributed by atoms with van der Waals surface area (Å²) < 4.78 is 2.19. The van der Waals surface area contributed by atoms with Crippen LogP contribution in [0.1, 0.15) is 47.6 Å². The fourth-order valence-corrected chi connectivity index (χ4v) is 2.54. The van der Waals surface area contributed by atoms with E-state index in [0.29, 0.717) is 17.5 Å². The third-order valence-corrected chi connectivity index (χ3v) is 3.62. The first-order valence-corrected chi connectivity index (χ1v) is 5.44. The molecule has 0 aromatic carbocycles. The summed E-state index contributed by atoms with van der Waals surface area (Å²) in [6.45, 7) is 6.12. The van der Waals surface area contributed by atoms with Crippen molar-refractivity contribution in [2.45, 2.75) is 39.7 Å². The van der Waals surface area contributed by atoms with Crippen LogP contribution >= 0.6 is 0 Å². The molecule has 1 fully saturated rings. The Morgan fingerprint density at radius 2 is 2.13 bits per heavy atom. The van der Waals surface area contributed by atoms with Gasteiger partial charge in [-0.1, -0.05) is 6.92 Å². The van der Waals surface area contributed by atoms with E-state index in [1.807, 2.05) is 13.8 Å². The first-order chi connectivity index (χ1) is 7.02. The summed E-state index contributed by atoms with van der Waals surface area (Å²) in [6, 6.07) is 2.29. The Kier molecular flexibility index (Phi) is 2.33. The van der Waals surface area contributed by atoms with Gasteiger partial charge in [-0.15, -0.1) is 0 Å². The molecule has 0 radical (unpaired) electrons. The third kappa shape index (κ3) is 1.46. The molecule has 3 heteroatoms. The fourth-order valence-electron chi connectivity index (χ4n) is 2.54. The highest BCUT2D eigenvalue weighted by Gasteiger charge is 2.31. The first-order valence-electron chi connectivity index (χ1n) is 5.44. The fraction of sp³-hybridized carbons (Fsp3) is 0.583. The van der Waals surface area contributed by atoms with Crippen molar-refractivity contribution in [2.24, 2.45) is 5.92 Å². The first kappa shape index (κ1) is 10.3. The van der Waals surface area contributed by atoms with Gasteiger partial charge >= 0.3 is 5.97 Å². The van der Waals surface area contributed by atoms with Gasteiger partial charge in [0.1, 0.15) is 0 Å². The van der Waals surface area contributed by atoms with Gasteiger partial charge < -0.3 is 9.67 Å². The van der Waals surface area contributed by atoms with Crippen molar-refractivity contribution < 1.29 is 9.90 Å². The minimum absolute atomic E-state index is 0.451. The van der Waals surface area contributed by atoms with E-state index in [0.717, 1.165) is 11.4 Å². The molecule has 1 aliphatic rings. The number of carboxylic acids is 1. The predicted octanol–water partition coefficient (Wildman–Crippen LogP) is 2.77. The molecule has 0 aliphatic heterocycles. The average molecular weight is 207 g/mol. The Bertz CT molecular complexity index is 406. The Balaban J connectivity index is 2.43. The second-order valence-corrected chi connectivity index (χ2v) is 4.58. The number of hydrogen-bond acceptors (Lipinski definition) is 1. The molecule has 2 unspecified atom stereocenters. The van der Waals surface area contributed by atoms with Gasteiger partial charge in [-0.05, 0) is 38.7 Å². The Hall–Kier alpha value is -1.25. The molecule has 2 rings (SSSR count). The second kappa shape index (κ2) is 3.40. The highest BCUT2D eigenvalue weighted by atomic mass is 16.4. The standard InChI is InChI=1S/C12H17NO2/c1-7-4-5-11(7)13-8(2)6-10(9(13)3)12(14)15/h6-7,11H,4-5H2,1-3H3,(H,14,15). The molecule has 1 heterocycles. The summed E-state index contributed by atoms with van der Waals surface area (Å²) in [5.41, 5.74) is 2.42. The number of hydrogen-bond donors (Lipinski definition) is 1. The van der Waals surface area contributed by atoms with Crippen LogP contribution in [0.25, 0.3) is 0 Å². The van der Waals surface area contributed by atoms with Gasteiger partial charge in [0.05, 0.1) is 5.56 Å². The number of carboxylic acid groups (broad SMARTS) is 1. The maximum Gasteiger partial charge on any atom is 0.337 e. The molecule has 0 spiro atoms. The van der Waals surface area contributed by atoms with Crippen LogP contribution in [-0.2, 0) is 0 Å². The molecule has 82 valence electrons. The smallest absolute Gasteiger partial charge is 0.337 e. The van der Waals surface area contributed by atoms with Crippen molar-refractivity contribution in [1.82, 2.24) is 4.57 Å². The normalized spacial score (nSPS) is 25.0. The van der Waals surface area contributed by atoms with Crippen molar-refractivity contribution in [3.8, 4) is 0 Å². The maximum absolute atomic E-state index is 11.0. The van der Waals surface area contributed by atoms with E-state index in [4.69, 9.17) is 5.11 Å². The highest BCUT2D eigenvalue weighted by molar-refractivity contribution is 5.89. The van der Waals surface area contributed by atoms with E-state index < -0.39 is 5.97 Å². The molecule has 1 aromatic heterocycles. The summed E-state index contributed by atoms with van der Waals surface area (Å²) >= 11 is 0. The third-order valence-electron chi connectivity index (χ3n) is 3.62. The lowest BCUT2D eigenvalue weighted by molar-refractivity contribution is 0.0695. The zero-order valence-electron chi connectivity index (χ0n) is 9.45. The Morgan fingerprint density at radius 1 is 1.47 bits per heavy atom. The van der Waals surface area contributed by atoms with Crippen LogP contribution in [-0.4, -0.2) is 15.6 Å². The number of aryl methyl sites for hydroxylation is 1. The van der Waals surface area contributed by atoms with Crippen LogP contribution in [0, 0.1) is 19.8 Å². The molecule has 0 saturated heterocycles. The van der Waals surface area contributed by atoms with E-state index >= 15 is 0 Å². The number of aromatic nitrogens is 1. The minimum atomic E-state index is -0.818. The van der Waals surface area contributed by atoms with Crippen LogP contribution in [0.5, 0.6) is 0 Å². The van der Waals surface area contributed by atoms with Crippen molar-refractivity contribution in [2.75, 3.05) is 0 Å². The SMILES string of the molecule is Cc1cc(C(=O)O)c(C)n1C1CCC1C. The highest BCUT2D eigenvalue weighted by Crippen LogP contribution is 2.40. The lowest BCUT2D eigenvalue weighted by Gasteiger charge is -2.37. The van der Waals surface area contributed by atoms with Crippen molar-refractivity contribution >= 4 is 5.97 Å². The van der Waals surface area contributed by atoms with E-state index in [2.05, 4.69) is 11.5 Å². The van der Waals surface area contributed by atoms with Crippen LogP contribution in [0.3, 0.4) is 0 Å². The second-order valence-electron chi connectivity index (χ2n) is 4.58. The molecule has 1 aliphatic carbocycles.